The predicted molar refractivity (Wildman–Crippen MR) is 113 cm³/mol. The van der Waals surface area contributed by atoms with Gasteiger partial charge in [0.25, 0.3) is 0 Å². The third-order valence-corrected chi connectivity index (χ3v) is 5.09. The fourth-order valence-electron chi connectivity index (χ4n) is 3.48. The van der Waals surface area contributed by atoms with E-state index in [0.717, 1.165) is 24.9 Å². The molecule has 0 heterocycles. The molecule has 1 saturated carbocycles. The summed E-state index contributed by atoms with van der Waals surface area (Å²) in [6, 6.07) is 12.7. The molecule has 1 amide bonds. The molecule has 6 nitrogen and oxygen atoms in total. The van der Waals surface area contributed by atoms with Crippen LogP contribution in [0.5, 0.6) is 17.2 Å². The van der Waals surface area contributed by atoms with Gasteiger partial charge in [0.1, 0.15) is 0 Å². The number of benzene rings is 2. The van der Waals surface area contributed by atoms with Crippen LogP contribution in [-0.2, 0) is 17.9 Å². The van der Waals surface area contributed by atoms with Gasteiger partial charge in [-0.25, -0.2) is 0 Å². The number of carbonyl (C=O) groups is 1. The van der Waals surface area contributed by atoms with Gasteiger partial charge in [0.15, 0.2) is 11.5 Å². The number of hydrogen-bond donors (Lipinski definition) is 1. The van der Waals surface area contributed by atoms with Gasteiger partial charge in [-0.1, -0.05) is 29.8 Å². The highest BCUT2D eigenvalue weighted by atomic mass is 16.5. The summed E-state index contributed by atoms with van der Waals surface area (Å²) in [5.74, 6) is 1.71. The molecule has 1 fully saturated rings. The summed E-state index contributed by atoms with van der Waals surface area (Å²) >= 11 is 0. The zero-order valence-corrected chi connectivity index (χ0v) is 17.7. The third kappa shape index (κ3) is 5.64. The molecule has 0 bridgehead atoms. The summed E-state index contributed by atoms with van der Waals surface area (Å²) in [6.45, 7) is 3.68. The van der Waals surface area contributed by atoms with Gasteiger partial charge in [-0.3, -0.25) is 9.69 Å². The van der Waals surface area contributed by atoms with Crippen molar-refractivity contribution in [2.45, 2.75) is 38.9 Å². The van der Waals surface area contributed by atoms with Crippen molar-refractivity contribution in [3.8, 4) is 17.2 Å². The van der Waals surface area contributed by atoms with Gasteiger partial charge in [0, 0.05) is 19.1 Å². The quantitative estimate of drug-likeness (QED) is 0.665. The van der Waals surface area contributed by atoms with Crippen molar-refractivity contribution in [3.63, 3.8) is 0 Å². The molecule has 6 heteroatoms. The fourth-order valence-corrected chi connectivity index (χ4v) is 3.48. The maximum Gasteiger partial charge on any atom is 0.234 e. The molecule has 1 aliphatic rings. The number of nitrogens with zero attached hydrogens (tertiary/aromatic N) is 1. The molecule has 29 heavy (non-hydrogen) atoms. The number of rotatable bonds is 10. The molecule has 0 unspecified atom stereocenters. The molecular weight excluding hydrogens is 368 g/mol. The van der Waals surface area contributed by atoms with E-state index >= 15 is 0 Å². The summed E-state index contributed by atoms with van der Waals surface area (Å²) in [5, 5.41) is 3.02. The van der Waals surface area contributed by atoms with E-state index in [0.29, 0.717) is 36.4 Å². The van der Waals surface area contributed by atoms with E-state index in [2.05, 4.69) is 41.4 Å². The smallest absolute Gasteiger partial charge is 0.234 e. The van der Waals surface area contributed by atoms with Crippen molar-refractivity contribution >= 4 is 5.91 Å². The first-order chi connectivity index (χ1) is 14.0. The Morgan fingerprint density at radius 1 is 1.03 bits per heavy atom. The Morgan fingerprint density at radius 2 is 1.72 bits per heavy atom. The van der Waals surface area contributed by atoms with E-state index in [9.17, 15) is 4.79 Å². The van der Waals surface area contributed by atoms with Crippen molar-refractivity contribution in [3.05, 3.63) is 53.1 Å². The average Bonchev–Trinajstić information content (AvgIpc) is 3.56. The molecule has 0 aromatic heterocycles. The lowest BCUT2D eigenvalue weighted by molar-refractivity contribution is -0.122. The minimum absolute atomic E-state index is 0.0123. The molecule has 3 rings (SSSR count). The molecule has 0 saturated heterocycles. The first kappa shape index (κ1) is 21.0. The van der Waals surface area contributed by atoms with Crippen molar-refractivity contribution in [1.82, 2.24) is 10.2 Å². The second kappa shape index (κ2) is 9.65. The van der Waals surface area contributed by atoms with Crippen LogP contribution in [0.25, 0.3) is 0 Å². The minimum atomic E-state index is 0.0123. The number of hydrogen-bond acceptors (Lipinski definition) is 5. The van der Waals surface area contributed by atoms with Gasteiger partial charge in [-0.05, 0) is 43.0 Å². The van der Waals surface area contributed by atoms with Crippen LogP contribution in [-0.4, -0.2) is 44.7 Å². The number of ether oxygens (including phenoxy) is 3. The van der Waals surface area contributed by atoms with E-state index in [-0.39, 0.29) is 5.91 Å². The fraction of sp³-hybridized carbons (Fsp3) is 0.435. The van der Waals surface area contributed by atoms with E-state index in [1.165, 1.54) is 11.1 Å². The van der Waals surface area contributed by atoms with Crippen molar-refractivity contribution in [2.24, 2.45) is 0 Å². The zero-order chi connectivity index (χ0) is 20.8. The van der Waals surface area contributed by atoms with Crippen LogP contribution in [0, 0.1) is 6.92 Å². The number of aryl methyl sites for hydroxylation is 1. The lowest BCUT2D eigenvalue weighted by Gasteiger charge is -2.22. The zero-order valence-electron chi connectivity index (χ0n) is 17.7. The van der Waals surface area contributed by atoms with Crippen molar-refractivity contribution in [2.75, 3.05) is 27.9 Å². The topological polar surface area (TPSA) is 60.0 Å². The van der Waals surface area contributed by atoms with Gasteiger partial charge >= 0.3 is 0 Å². The van der Waals surface area contributed by atoms with Crippen molar-refractivity contribution in [1.29, 1.82) is 0 Å². The molecule has 2 aromatic rings. The monoisotopic (exact) mass is 398 g/mol. The SMILES string of the molecule is COc1cc(CNC(=O)CN(Cc2cccc(C)c2)C2CC2)cc(OC)c1OC. The molecular formula is C23H30N2O4. The maximum absolute atomic E-state index is 12.6. The predicted octanol–water partition coefficient (Wildman–Crippen LogP) is 3.30. The van der Waals surface area contributed by atoms with Gasteiger partial charge in [-0.15, -0.1) is 0 Å². The van der Waals surface area contributed by atoms with Crippen LogP contribution in [0.3, 0.4) is 0 Å². The van der Waals surface area contributed by atoms with Crippen LogP contribution < -0.4 is 19.5 Å². The van der Waals surface area contributed by atoms with Crippen molar-refractivity contribution < 1.29 is 19.0 Å². The number of amides is 1. The molecule has 156 valence electrons. The molecule has 0 spiro atoms. The van der Waals surface area contributed by atoms with E-state index in [1.807, 2.05) is 12.1 Å². The molecule has 1 N–H and O–H groups in total. The Bertz CT molecular complexity index is 824. The highest BCUT2D eigenvalue weighted by Crippen LogP contribution is 2.38. The standard InChI is InChI=1S/C23H30N2O4/c1-16-6-5-7-17(10-16)14-25(19-8-9-19)15-22(26)24-13-18-11-20(27-2)23(29-4)21(12-18)28-3/h5-7,10-12,19H,8-9,13-15H2,1-4H3,(H,24,26). The first-order valence-electron chi connectivity index (χ1n) is 9.89. The first-order valence-corrected chi connectivity index (χ1v) is 9.89. The number of nitrogens with one attached hydrogen (secondary N) is 1. The highest BCUT2D eigenvalue weighted by Gasteiger charge is 2.30. The largest absolute Gasteiger partial charge is 0.493 e. The maximum atomic E-state index is 12.6. The second-order valence-electron chi connectivity index (χ2n) is 7.44. The molecule has 0 atom stereocenters. The minimum Gasteiger partial charge on any atom is -0.493 e. The summed E-state index contributed by atoms with van der Waals surface area (Å²) in [5.41, 5.74) is 3.38. The summed E-state index contributed by atoms with van der Waals surface area (Å²) in [7, 11) is 4.74. The Labute approximate surface area is 172 Å². The number of methoxy groups -OCH3 is 3. The highest BCUT2D eigenvalue weighted by molar-refractivity contribution is 5.78. The molecule has 2 aromatic carbocycles. The van der Waals surface area contributed by atoms with Gasteiger partial charge < -0.3 is 19.5 Å². The summed E-state index contributed by atoms with van der Waals surface area (Å²) < 4.78 is 16.1. The van der Waals surface area contributed by atoms with E-state index in [4.69, 9.17) is 14.2 Å². The average molecular weight is 399 g/mol. The van der Waals surface area contributed by atoms with Gasteiger partial charge in [0.05, 0.1) is 27.9 Å². The molecule has 1 aliphatic carbocycles. The van der Waals surface area contributed by atoms with E-state index in [1.54, 1.807) is 21.3 Å². The Kier molecular flexibility index (Phi) is 6.99. The summed E-state index contributed by atoms with van der Waals surface area (Å²) in [6.07, 6.45) is 2.32. The number of carbonyl (C=O) groups excluding carboxylic acids is 1. The molecule has 0 aliphatic heterocycles. The van der Waals surface area contributed by atoms with Crippen LogP contribution in [0.15, 0.2) is 36.4 Å². The Morgan fingerprint density at radius 3 is 2.28 bits per heavy atom. The summed E-state index contributed by atoms with van der Waals surface area (Å²) in [4.78, 5) is 14.9. The van der Waals surface area contributed by atoms with Crippen LogP contribution in [0.4, 0.5) is 0 Å². The lowest BCUT2D eigenvalue weighted by atomic mass is 10.1. The van der Waals surface area contributed by atoms with E-state index < -0.39 is 0 Å². The second-order valence-corrected chi connectivity index (χ2v) is 7.44. The van der Waals surface area contributed by atoms with Gasteiger partial charge in [0.2, 0.25) is 11.7 Å². The Balaban J connectivity index is 1.61. The van der Waals surface area contributed by atoms with Crippen LogP contribution >= 0.6 is 0 Å². The normalized spacial score (nSPS) is 13.3. The lowest BCUT2D eigenvalue weighted by Crippen LogP contribution is -2.37. The Hall–Kier alpha value is -2.73. The van der Waals surface area contributed by atoms with Gasteiger partial charge in [-0.2, -0.15) is 0 Å². The third-order valence-electron chi connectivity index (χ3n) is 5.09. The van der Waals surface area contributed by atoms with Crippen LogP contribution in [0.2, 0.25) is 0 Å². The molecule has 0 radical (unpaired) electrons. The van der Waals surface area contributed by atoms with Crippen LogP contribution in [0.1, 0.15) is 29.5 Å².